The van der Waals surface area contributed by atoms with Crippen LogP contribution in [0.5, 0.6) is 0 Å². The van der Waals surface area contributed by atoms with Gasteiger partial charge in [0.15, 0.2) is 0 Å². The van der Waals surface area contributed by atoms with Gasteiger partial charge in [-0.05, 0) is 30.2 Å². The predicted octanol–water partition coefficient (Wildman–Crippen LogP) is 5.50. The third kappa shape index (κ3) is 4.54. The van der Waals surface area contributed by atoms with Gasteiger partial charge >= 0.3 is 0 Å². The van der Waals surface area contributed by atoms with E-state index in [-0.39, 0.29) is 11.9 Å². The van der Waals surface area contributed by atoms with E-state index < -0.39 is 0 Å². The van der Waals surface area contributed by atoms with E-state index in [9.17, 15) is 4.79 Å². The summed E-state index contributed by atoms with van der Waals surface area (Å²) in [4.78, 5) is 18.1. The number of carbonyl (C=O) groups excluding carboxylic acids is 1. The number of aromatic nitrogens is 3. The highest BCUT2D eigenvalue weighted by Crippen LogP contribution is 2.36. The number of hydrogen-bond acceptors (Lipinski definition) is 5. The molecule has 0 aliphatic carbocycles. The fourth-order valence-electron chi connectivity index (χ4n) is 3.87. The van der Waals surface area contributed by atoms with Crippen molar-refractivity contribution in [3.63, 3.8) is 0 Å². The molecule has 2 N–H and O–H groups in total. The Morgan fingerprint density at radius 1 is 0.970 bits per heavy atom. The number of allylic oxidation sites excluding steroid dienone is 1. The van der Waals surface area contributed by atoms with E-state index in [1.807, 2.05) is 90.5 Å². The molecule has 1 aromatic heterocycles. The molecule has 7 heteroatoms. The molecule has 33 heavy (non-hydrogen) atoms. The number of carbonyl (C=O) groups is 1. The van der Waals surface area contributed by atoms with Gasteiger partial charge in [0.1, 0.15) is 6.04 Å². The Labute approximate surface area is 196 Å². The Balaban J connectivity index is 1.48. The van der Waals surface area contributed by atoms with E-state index in [2.05, 4.69) is 22.8 Å². The first kappa shape index (κ1) is 21.0. The monoisotopic (exact) mass is 453 g/mol. The van der Waals surface area contributed by atoms with E-state index in [0.29, 0.717) is 16.7 Å². The van der Waals surface area contributed by atoms with E-state index in [0.717, 1.165) is 22.7 Å². The minimum absolute atomic E-state index is 0.167. The summed E-state index contributed by atoms with van der Waals surface area (Å²) >= 11 is 1.58. The predicted molar refractivity (Wildman–Crippen MR) is 132 cm³/mol. The summed E-state index contributed by atoms with van der Waals surface area (Å²) in [5, 5.41) is 11.8. The maximum absolute atomic E-state index is 13.4. The highest BCUT2D eigenvalue weighted by atomic mass is 32.2. The van der Waals surface area contributed by atoms with Crippen molar-refractivity contribution < 1.29 is 4.79 Å². The van der Waals surface area contributed by atoms with Gasteiger partial charge in [0.25, 0.3) is 5.91 Å². The number of nitrogens with one attached hydrogen (secondary N) is 2. The number of hydrogen-bond donors (Lipinski definition) is 2. The molecule has 4 aromatic rings. The minimum atomic E-state index is -0.385. The van der Waals surface area contributed by atoms with Crippen LogP contribution in [0.15, 0.2) is 107 Å². The van der Waals surface area contributed by atoms with Gasteiger partial charge in [-0.3, -0.25) is 4.79 Å². The van der Waals surface area contributed by atoms with Crippen molar-refractivity contribution in [2.45, 2.75) is 23.9 Å². The van der Waals surface area contributed by atoms with Crippen LogP contribution in [-0.2, 0) is 10.5 Å². The van der Waals surface area contributed by atoms with Crippen LogP contribution in [0, 0.1) is 0 Å². The zero-order valence-corrected chi connectivity index (χ0v) is 18.9. The topological polar surface area (TPSA) is 71.8 Å². The normalized spacial score (nSPS) is 15.0. The average molecular weight is 454 g/mol. The van der Waals surface area contributed by atoms with Gasteiger partial charge in [0.05, 0.1) is 5.57 Å². The molecule has 6 nitrogen and oxygen atoms in total. The summed E-state index contributed by atoms with van der Waals surface area (Å²) in [6, 6.07) is 29.3. The Bertz CT molecular complexity index is 1290. The van der Waals surface area contributed by atoms with E-state index in [1.54, 1.807) is 11.8 Å². The van der Waals surface area contributed by atoms with Gasteiger partial charge in [-0.1, -0.05) is 90.6 Å². The standard InChI is InChI=1S/C26H23N5OS/c1-18-22(24(32)28-21-15-9-4-10-16-21)23(20-13-7-3-8-14-20)31-25(27-18)29-26(30-31)33-17-19-11-5-2-6-12-19/h2-16,23H,17H2,1H3,(H,28,32)(H,27,29,30). The number of rotatable bonds is 6. The highest BCUT2D eigenvalue weighted by molar-refractivity contribution is 7.98. The SMILES string of the molecule is CC1=C(C(=O)Nc2ccccc2)C(c2ccccc2)n2nc(SCc3ccccc3)nc2N1. The lowest BCUT2D eigenvalue weighted by atomic mass is 9.95. The Kier molecular flexibility index (Phi) is 5.95. The van der Waals surface area contributed by atoms with E-state index >= 15 is 0 Å². The smallest absolute Gasteiger partial charge is 0.255 e. The Hall–Kier alpha value is -3.84. The van der Waals surface area contributed by atoms with Crippen molar-refractivity contribution in [2.75, 3.05) is 10.6 Å². The van der Waals surface area contributed by atoms with Crippen molar-refractivity contribution in [3.8, 4) is 0 Å². The molecule has 0 saturated heterocycles. The lowest BCUT2D eigenvalue weighted by Crippen LogP contribution is -2.31. The molecule has 1 aliphatic rings. The summed E-state index contributed by atoms with van der Waals surface area (Å²) in [6.45, 7) is 1.91. The first-order valence-electron chi connectivity index (χ1n) is 10.7. The van der Waals surface area contributed by atoms with Crippen LogP contribution in [0.2, 0.25) is 0 Å². The van der Waals surface area contributed by atoms with Crippen molar-refractivity contribution in [1.29, 1.82) is 0 Å². The molecule has 164 valence electrons. The molecule has 0 fully saturated rings. The quantitative estimate of drug-likeness (QED) is 0.377. The van der Waals surface area contributed by atoms with Crippen LogP contribution in [-0.4, -0.2) is 20.7 Å². The summed E-state index contributed by atoms with van der Waals surface area (Å²) < 4.78 is 1.82. The van der Waals surface area contributed by atoms with Crippen molar-refractivity contribution in [2.24, 2.45) is 0 Å². The van der Waals surface area contributed by atoms with E-state index in [1.165, 1.54) is 5.56 Å². The summed E-state index contributed by atoms with van der Waals surface area (Å²) in [5.74, 6) is 1.24. The molecule has 0 spiro atoms. The number of para-hydroxylation sites is 1. The van der Waals surface area contributed by atoms with Crippen LogP contribution < -0.4 is 10.6 Å². The maximum atomic E-state index is 13.4. The van der Waals surface area contributed by atoms with Crippen LogP contribution in [0.25, 0.3) is 0 Å². The number of thioether (sulfide) groups is 1. The van der Waals surface area contributed by atoms with Crippen LogP contribution in [0.1, 0.15) is 24.1 Å². The highest BCUT2D eigenvalue weighted by Gasteiger charge is 2.34. The van der Waals surface area contributed by atoms with Gasteiger partial charge in [0, 0.05) is 17.1 Å². The average Bonchev–Trinajstić information content (AvgIpc) is 3.26. The van der Waals surface area contributed by atoms with Crippen LogP contribution in [0.4, 0.5) is 11.6 Å². The number of benzene rings is 3. The molecule has 1 unspecified atom stereocenters. The summed E-state index contributed by atoms with van der Waals surface area (Å²) in [7, 11) is 0. The Morgan fingerprint density at radius 2 is 1.61 bits per heavy atom. The fourth-order valence-corrected chi connectivity index (χ4v) is 4.66. The zero-order chi connectivity index (χ0) is 22.6. The van der Waals surface area contributed by atoms with E-state index in [4.69, 9.17) is 10.1 Å². The summed E-state index contributed by atoms with van der Waals surface area (Å²) in [5.41, 5.74) is 4.30. The summed E-state index contributed by atoms with van der Waals surface area (Å²) in [6.07, 6.45) is 0. The first-order valence-corrected chi connectivity index (χ1v) is 11.7. The molecule has 1 atom stereocenters. The molecule has 2 heterocycles. The Morgan fingerprint density at radius 3 is 2.30 bits per heavy atom. The molecule has 0 saturated carbocycles. The lowest BCUT2D eigenvalue weighted by Gasteiger charge is -2.28. The second kappa shape index (κ2) is 9.34. The molecule has 0 radical (unpaired) electrons. The third-order valence-electron chi connectivity index (χ3n) is 5.44. The molecule has 1 amide bonds. The van der Waals surface area contributed by atoms with Crippen molar-refractivity contribution >= 4 is 29.3 Å². The first-order chi connectivity index (χ1) is 16.2. The van der Waals surface area contributed by atoms with Gasteiger partial charge in [-0.15, -0.1) is 5.10 Å². The third-order valence-corrected chi connectivity index (χ3v) is 6.34. The molecule has 3 aromatic carbocycles. The van der Waals surface area contributed by atoms with Crippen molar-refractivity contribution in [3.05, 3.63) is 113 Å². The maximum Gasteiger partial charge on any atom is 0.255 e. The van der Waals surface area contributed by atoms with Gasteiger partial charge in [-0.25, -0.2) is 4.68 Å². The molecule has 0 bridgehead atoms. The number of fused-ring (bicyclic) bond motifs is 1. The molecule has 5 rings (SSSR count). The van der Waals surface area contributed by atoms with Gasteiger partial charge in [0.2, 0.25) is 11.1 Å². The minimum Gasteiger partial charge on any atom is -0.328 e. The largest absolute Gasteiger partial charge is 0.328 e. The van der Waals surface area contributed by atoms with Gasteiger partial charge < -0.3 is 10.6 Å². The van der Waals surface area contributed by atoms with Crippen LogP contribution >= 0.6 is 11.8 Å². The molecular formula is C26H23N5OS. The molecular weight excluding hydrogens is 430 g/mol. The zero-order valence-electron chi connectivity index (χ0n) is 18.1. The second-order valence-electron chi connectivity index (χ2n) is 7.73. The van der Waals surface area contributed by atoms with Crippen LogP contribution in [0.3, 0.4) is 0 Å². The number of amides is 1. The number of anilines is 2. The van der Waals surface area contributed by atoms with Crippen molar-refractivity contribution in [1.82, 2.24) is 14.8 Å². The lowest BCUT2D eigenvalue weighted by molar-refractivity contribution is -0.113. The fraction of sp³-hybridized carbons (Fsp3) is 0.115. The number of nitrogens with zero attached hydrogens (tertiary/aromatic N) is 3. The van der Waals surface area contributed by atoms with Gasteiger partial charge in [-0.2, -0.15) is 4.98 Å². The second-order valence-corrected chi connectivity index (χ2v) is 8.68. The molecule has 1 aliphatic heterocycles.